The van der Waals surface area contributed by atoms with Crippen LogP contribution < -0.4 is 10.4 Å². The van der Waals surface area contributed by atoms with E-state index in [1.165, 1.54) is 12.1 Å². The van der Waals surface area contributed by atoms with Crippen LogP contribution in [0, 0.1) is 5.82 Å². The zero-order chi connectivity index (χ0) is 18.8. The van der Waals surface area contributed by atoms with Crippen LogP contribution in [0.3, 0.4) is 0 Å². The third-order valence-corrected chi connectivity index (χ3v) is 4.56. The number of amides is 1. The number of benzene rings is 2. The second kappa shape index (κ2) is 7.23. The standard InChI is InChI=1S/C21H18FNO4/c22-18-4-2-1-3-15(18)12-23(16-7-8-16)20(24)13-26-17-9-5-14-6-10-21(25)27-19(14)11-17/h1-6,9-11,16H,7-8,12-13H2. The first-order chi connectivity index (χ1) is 13.1. The number of carbonyl (C=O) groups is 1. The smallest absolute Gasteiger partial charge is 0.336 e. The molecule has 0 saturated heterocycles. The molecule has 0 spiro atoms. The van der Waals surface area contributed by atoms with Crippen LogP contribution in [0.25, 0.3) is 11.0 Å². The van der Waals surface area contributed by atoms with E-state index < -0.39 is 5.63 Å². The van der Waals surface area contributed by atoms with Crippen LogP contribution in [-0.2, 0) is 11.3 Å². The van der Waals surface area contributed by atoms with Gasteiger partial charge in [0.1, 0.15) is 17.1 Å². The predicted octanol–water partition coefficient (Wildman–Crippen LogP) is 3.50. The molecule has 0 atom stereocenters. The lowest BCUT2D eigenvalue weighted by Crippen LogP contribution is -2.36. The van der Waals surface area contributed by atoms with Gasteiger partial charge in [-0.2, -0.15) is 0 Å². The lowest BCUT2D eigenvalue weighted by atomic mass is 10.2. The molecule has 0 radical (unpaired) electrons. The van der Waals surface area contributed by atoms with Crippen LogP contribution >= 0.6 is 0 Å². The van der Waals surface area contributed by atoms with Crippen LogP contribution in [0.4, 0.5) is 4.39 Å². The number of hydrogen-bond donors (Lipinski definition) is 0. The van der Waals surface area contributed by atoms with E-state index in [-0.39, 0.29) is 30.9 Å². The van der Waals surface area contributed by atoms with Crippen molar-refractivity contribution >= 4 is 16.9 Å². The normalized spacial score (nSPS) is 13.5. The van der Waals surface area contributed by atoms with E-state index >= 15 is 0 Å². The first-order valence-corrected chi connectivity index (χ1v) is 8.80. The number of ether oxygens (including phenoxy) is 1. The van der Waals surface area contributed by atoms with Crippen LogP contribution in [0.15, 0.2) is 63.8 Å². The Labute approximate surface area is 155 Å². The molecule has 1 fully saturated rings. The largest absolute Gasteiger partial charge is 0.484 e. The molecule has 1 aromatic heterocycles. The van der Waals surface area contributed by atoms with Crippen molar-refractivity contribution in [2.45, 2.75) is 25.4 Å². The highest BCUT2D eigenvalue weighted by molar-refractivity contribution is 5.80. The summed E-state index contributed by atoms with van der Waals surface area (Å²) in [6, 6.07) is 14.7. The molecule has 1 heterocycles. The monoisotopic (exact) mass is 367 g/mol. The second-order valence-corrected chi connectivity index (χ2v) is 6.59. The van der Waals surface area contributed by atoms with Crippen molar-refractivity contribution in [3.63, 3.8) is 0 Å². The molecular weight excluding hydrogens is 349 g/mol. The summed E-state index contributed by atoms with van der Waals surface area (Å²) in [5.74, 6) is -0.0800. The van der Waals surface area contributed by atoms with Gasteiger partial charge in [0.15, 0.2) is 6.61 Å². The maximum atomic E-state index is 13.9. The van der Waals surface area contributed by atoms with Gasteiger partial charge in [-0.15, -0.1) is 0 Å². The summed E-state index contributed by atoms with van der Waals surface area (Å²) >= 11 is 0. The van der Waals surface area contributed by atoms with E-state index in [9.17, 15) is 14.0 Å². The molecule has 0 aliphatic heterocycles. The maximum Gasteiger partial charge on any atom is 0.336 e. The molecule has 4 rings (SSSR count). The molecule has 0 bridgehead atoms. The Balaban J connectivity index is 1.45. The quantitative estimate of drug-likeness (QED) is 0.626. The van der Waals surface area contributed by atoms with Crippen molar-refractivity contribution in [3.05, 3.63) is 76.4 Å². The summed E-state index contributed by atoms with van der Waals surface area (Å²) in [5.41, 5.74) is 0.448. The number of halogens is 1. The lowest BCUT2D eigenvalue weighted by molar-refractivity contribution is -0.134. The van der Waals surface area contributed by atoms with Crippen LogP contribution in [-0.4, -0.2) is 23.5 Å². The highest BCUT2D eigenvalue weighted by Crippen LogP contribution is 2.29. The molecule has 6 heteroatoms. The number of fused-ring (bicyclic) bond motifs is 1. The van der Waals surface area contributed by atoms with E-state index in [1.54, 1.807) is 47.4 Å². The van der Waals surface area contributed by atoms with Gasteiger partial charge < -0.3 is 14.1 Å². The number of carbonyl (C=O) groups excluding carboxylic acids is 1. The third-order valence-electron chi connectivity index (χ3n) is 4.56. The van der Waals surface area contributed by atoms with Crippen LogP contribution in [0.5, 0.6) is 5.75 Å². The minimum Gasteiger partial charge on any atom is -0.484 e. The molecule has 0 N–H and O–H groups in total. The van der Waals surface area contributed by atoms with Gasteiger partial charge in [0.2, 0.25) is 0 Å². The summed E-state index contributed by atoms with van der Waals surface area (Å²) in [4.78, 5) is 25.6. The highest BCUT2D eigenvalue weighted by Gasteiger charge is 2.33. The van der Waals surface area contributed by atoms with Crippen molar-refractivity contribution in [1.82, 2.24) is 4.90 Å². The van der Waals surface area contributed by atoms with Gasteiger partial charge in [0.05, 0.1) is 0 Å². The SMILES string of the molecule is O=C(COc1ccc2ccc(=O)oc2c1)N(Cc1ccccc1F)C1CC1. The molecule has 1 saturated carbocycles. The topological polar surface area (TPSA) is 59.8 Å². The highest BCUT2D eigenvalue weighted by atomic mass is 19.1. The zero-order valence-electron chi connectivity index (χ0n) is 14.6. The van der Waals surface area contributed by atoms with Gasteiger partial charge in [-0.1, -0.05) is 18.2 Å². The minimum atomic E-state index is -0.444. The Morgan fingerprint density at radius 3 is 2.70 bits per heavy atom. The average Bonchev–Trinajstić information content (AvgIpc) is 3.50. The van der Waals surface area contributed by atoms with Gasteiger partial charge in [-0.25, -0.2) is 9.18 Å². The molecule has 138 valence electrons. The van der Waals surface area contributed by atoms with Crippen LogP contribution in [0.1, 0.15) is 18.4 Å². The molecule has 1 aliphatic carbocycles. The van der Waals surface area contributed by atoms with Gasteiger partial charge in [-0.05, 0) is 37.1 Å². The zero-order valence-corrected chi connectivity index (χ0v) is 14.6. The summed E-state index contributed by atoms with van der Waals surface area (Å²) in [6.07, 6.45) is 1.84. The van der Waals surface area contributed by atoms with Gasteiger partial charge >= 0.3 is 5.63 Å². The van der Waals surface area contributed by atoms with E-state index in [1.807, 2.05) is 0 Å². The van der Waals surface area contributed by atoms with Crippen molar-refractivity contribution in [2.24, 2.45) is 0 Å². The molecule has 2 aromatic carbocycles. The third kappa shape index (κ3) is 4.00. The average molecular weight is 367 g/mol. The number of hydrogen-bond acceptors (Lipinski definition) is 4. The first-order valence-electron chi connectivity index (χ1n) is 8.80. The molecule has 1 amide bonds. The number of nitrogens with zero attached hydrogens (tertiary/aromatic N) is 1. The van der Waals surface area contributed by atoms with Crippen molar-refractivity contribution in [2.75, 3.05) is 6.61 Å². The molecule has 27 heavy (non-hydrogen) atoms. The van der Waals surface area contributed by atoms with Gasteiger partial charge in [-0.3, -0.25) is 4.79 Å². The van der Waals surface area contributed by atoms with E-state index in [0.29, 0.717) is 16.9 Å². The van der Waals surface area contributed by atoms with E-state index in [4.69, 9.17) is 9.15 Å². The van der Waals surface area contributed by atoms with E-state index in [0.717, 1.165) is 18.2 Å². The second-order valence-electron chi connectivity index (χ2n) is 6.59. The predicted molar refractivity (Wildman–Crippen MR) is 98.0 cm³/mol. The number of rotatable bonds is 6. The van der Waals surface area contributed by atoms with Gasteiger partial charge in [0.25, 0.3) is 5.91 Å². The Morgan fingerprint density at radius 1 is 1.15 bits per heavy atom. The molecule has 3 aromatic rings. The summed E-state index contributed by atoms with van der Waals surface area (Å²) < 4.78 is 24.6. The molecule has 0 unspecified atom stereocenters. The van der Waals surface area contributed by atoms with E-state index in [2.05, 4.69) is 0 Å². The molecule has 5 nitrogen and oxygen atoms in total. The van der Waals surface area contributed by atoms with Crippen molar-refractivity contribution in [1.29, 1.82) is 0 Å². The van der Waals surface area contributed by atoms with Crippen molar-refractivity contribution < 1.29 is 18.3 Å². The molecular formula is C21H18FNO4. The van der Waals surface area contributed by atoms with Crippen molar-refractivity contribution in [3.8, 4) is 5.75 Å². The Kier molecular flexibility index (Phi) is 4.62. The Bertz CT molecular complexity index is 1040. The minimum absolute atomic E-state index is 0.135. The fraction of sp³-hybridized carbons (Fsp3) is 0.238. The fourth-order valence-electron chi connectivity index (χ4n) is 2.98. The Morgan fingerprint density at radius 2 is 1.93 bits per heavy atom. The van der Waals surface area contributed by atoms with Crippen LogP contribution in [0.2, 0.25) is 0 Å². The summed E-state index contributed by atoms with van der Waals surface area (Å²) in [5, 5.41) is 0.771. The molecule has 1 aliphatic rings. The first kappa shape index (κ1) is 17.3. The summed E-state index contributed by atoms with van der Waals surface area (Å²) in [6.45, 7) is 0.0691. The lowest BCUT2D eigenvalue weighted by Gasteiger charge is -2.23. The van der Waals surface area contributed by atoms with Gasteiger partial charge in [0, 0.05) is 35.7 Å². The maximum absolute atomic E-state index is 13.9. The summed E-state index contributed by atoms with van der Waals surface area (Å²) in [7, 11) is 0. The Hall–Kier alpha value is -3.15. The fourth-order valence-corrected chi connectivity index (χ4v) is 2.98.